The lowest BCUT2D eigenvalue weighted by Crippen LogP contribution is -2.69. The van der Waals surface area contributed by atoms with Crippen molar-refractivity contribution < 1.29 is 89.4 Å². The van der Waals surface area contributed by atoms with Crippen molar-refractivity contribution in [2.24, 2.45) is 50.2 Å². The number of aliphatic hydroxyl groups excluding tert-OH is 11. The Morgan fingerprint density at radius 2 is 1.29 bits per heavy atom. The highest BCUT2D eigenvalue weighted by atomic mass is 16.8. The number of ether oxygens (including phenoxy) is 6. The van der Waals surface area contributed by atoms with Gasteiger partial charge in [-0.2, -0.15) is 0 Å². The van der Waals surface area contributed by atoms with E-state index in [0.29, 0.717) is 32.1 Å². The van der Waals surface area contributed by atoms with Crippen molar-refractivity contribution in [3.8, 4) is 0 Å². The van der Waals surface area contributed by atoms with E-state index in [2.05, 4.69) is 48.5 Å². The summed E-state index contributed by atoms with van der Waals surface area (Å²) < 4.78 is 36.1. The predicted octanol–water partition coefficient (Wildman–Crippen LogP) is -0.209. The fraction of sp³-hybridized carbons (Fsp3) is 0.938. The van der Waals surface area contributed by atoms with E-state index in [9.17, 15) is 61.0 Å². The number of hydrogen-bond donors (Lipinski definition) is 11. The van der Waals surface area contributed by atoms with Gasteiger partial charge in [0.25, 0.3) is 0 Å². The van der Waals surface area contributed by atoms with Crippen molar-refractivity contribution in [1.82, 2.24) is 0 Å². The van der Waals surface area contributed by atoms with E-state index in [1.165, 1.54) is 6.92 Å². The third-order valence-corrected chi connectivity index (χ3v) is 19.2. The monoisotopic (exact) mass is 943 g/mol. The molecule has 0 radical (unpaired) electrons. The minimum atomic E-state index is -1.79. The van der Waals surface area contributed by atoms with E-state index in [1.54, 1.807) is 0 Å². The average Bonchev–Trinajstić information content (AvgIpc) is 3.25. The topological polar surface area (TPSA) is 295 Å². The van der Waals surface area contributed by atoms with Crippen LogP contribution in [0.5, 0.6) is 0 Å². The lowest BCUT2D eigenvalue weighted by Gasteiger charge is -2.71. The van der Waals surface area contributed by atoms with Gasteiger partial charge in [0, 0.05) is 11.3 Å². The molecule has 0 bridgehead atoms. The molecular weight excluding hydrogens is 865 g/mol. The quantitative estimate of drug-likeness (QED) is 0.133. The normalized spacial score (nSPS) is 54.6. The number of carbonyl (C=O) groups excluding carboxylic acids is 1. The number of allylic oxidation sites excluding steroid dienone is 2. The molecule has 0 spiro atoms. The van der Waals surface area contributed by atoms with Crippen molar-refractivity contribution in [3.05, 3.63) is 11.6 Å². The van der Waals surface area contributed by atoms with Gasteiger partial charge < -0.3 is 84.6 Å². The highest BCUT2D eigenvalue weighted by molar-refractivity contribution is 5.95. The number of carbonyl (C=O) groups is 1. The van der Waals surface area contributed by atoms with Crippen LogP contribution in [0.2, 0.25) is 0 Å². The number of ketones is 1. The molecule has 0 aromatic heterocycles. The SMILES string of the molecule is C[C@@H]1O[C@@H](O[C@@H]2[C@H](O)[C@@H](O)[C@H](O[C@H]3CC[C@@]4(C)C(CC[C@]5(C)C4C(=O)C=C4C6CC(C)(C)CC[C@]6(CO)[C@@H](O)C[C@]45C)C3(C)C)O[C@@H]2CO[C@@H]2O[C@H](CO)[C@@H](O)[C@H](O)[C@H]2O)[C@H](O)[C@H](O)[C@H]1O. The molecule has 3 saturated heterocycles. The number of fused-ring (bicyclic) bond motifs is 7. The molecule has 3 unspecified atom stereocenters. The molecule has 8 rings (SSSR count). The summed E-state index contributed by atoms with van der Waals surface area (Å²) in [6, 6.07) is 0. The molecular formula is C48H78O18. The highest BCUT2D eigenvalue weighted by Crippen LogP contribution is 2.75. The maximum absolute atomic E-state index is 15.0. The first-order valence-electron chi connectivity index (χ1n) is 24.2. The van der Waals surface area contributed by atoms with Gasteiger partial charge in [0.1, 0.15) is 67.1 Å². The summed E-state index contributed by atoms with van der Waals surface area (Å²) >= 11 is 0. The zero-order valence-electron chi connectivity index (χ0n) is 39.7. The van der Waals surface area contributed by atoms with Gasteiger partial charge >= 0.3 is 0 Å². The summed E-state index contributed by atoms with van der Waals surface area (Å²) in [7, 11) is 0. The Kier molecular flexibility index (Phi) is 13.8. The average molecular weight is 943 g/mol. The van der Waals surface area contributed by atoms with Crippen LogP contribution in [0.15, 0.2) is 11.6 Å². The van der Waals surface area contributed by atoms with Crippen LogP contribution in [-0.2, 0) is 33.2 Å². The zero-order chi connectivity index (χ0) is 48.4. The second kappa shape index (κ2) is 17.8. The van der Waals surface area contributed by atoms with Crippen LogP contribution in [0, 0.1) is 50.2 Å². The molecule has 3 aliphatic heterocycles. The molecule has 0 aromatic carbocycles. The molecule has 7 fully saturated rings. The van der Waals surface area contributed by atoms with Crippen LogP contribution in [0.1, 0.15) is 107 Å². The van der Waals surface area contributed by atoms with Crippen LogP contribution >= 0.6 is 0 Å². The van der Waals surface area contributed by atoms with Crippen LogP contribution < -0.4 is 0 Å². The van der Waals surface area contributed by atoms with Crippen molar-refractivity contribution in [3.63, 3.8) is 0 Å². The van der Waals surface area contributed by atoms with Gasteiger partial charge in [0.05, 0.1) is 38.1 Å². The van der Waals surface area contributed by atoms with Crippen LogP contribution in [-0.4, -0.2) is 186 Å². The van der Waals surface area contributed by atoms with Crippen molar-refractivity contribution >= 4 is 5.78 Å². The van der Waals surface area contributed by atoms with Gasteiger partial charge in [-0.15, -0.1) is 0 Å². The fourth-order valence-electron chi connectivity index (χ4n) is 14.9. The standard InChI is InChI=1S/C48H78O18/c1-21-30(53)32(55)36(59)41(62-21)66-38-26(19-61-40-35(58)33(56)31(54)25(18-49)63-40)64-42(37(60)34(38)57)65-29-10-11-45(6)27(44(29,4)5)9-12-46(7)39(45)24(51)15-22-23-16-43(2,3)13-14-48(23,20-50)28(52)17-47(22,46)8/h15,21,23,25-42,49-50,52-60H,9-14,16-20H2,1-8H3/t21-,23?,25+,26+,27?,28-,29-,30-,31+,32+,33-,34+,35+,36+,37+,38-,39?,40+,41-,42-,45-,46+,47+,48+/m0/s1. The summed E-state index contributed by atoms with van der Waals surface area (Å²) in [6.45, 7) is 15.4. The Hall–Kier alpha value is -1.27. The second-order valence-corrected chi connectivity index (χ2v) is 23.6. The lowest BCUT2D eigenvalue weighted by molar-refractivity contribution is -0.373. The first kappa shape index (κ1) is 51.1. The molecule has 0 amide bonds. The van der Waals surface area contributed by atoms with Crippen LogP contribution in [0.25, 0.3) is 0 Å². The molecule has 0 aromatic rings. The summed E-state index contributed by atoms with van der Waals surface area (Å²) in [5.41, 5.74) is -1.72. The largest absolute Gasteiger partial charge is 0.396 e. The van der Waals surface area contributed by atoms with E-state index in [-0.39, 0.29) is 35.6 Å². The van der Waals surface area contributed by atoms with Crippen molar-refractivity contribution in [2.45, 2.75) is 211 Å². The molecule has 378 valence electrons. The van der Waals surface area contributed by atoms with Gasteiger partial charge in [-0.25, -0.2) is 0 Å². The Morgan fingerprint density at radius 3 is 1.95 bits per heavy atom. The maximum Gasteiger partial charge on any atom is 0.187 e. The van der Waals surface area contributed by atoms with Gasteiger partial charge in [0.15, 0.2) is 24.7 Å². The first-order chi connectivity index (χ1) is 30.7. The molecule has 18 heteroatoms. The van der Waals surface area contributed by atoms with Crippen LogP contribution in [0.3, 0.4) is 0 Å². The first-order valence-corrected chi connectivity index (χ1v) is 24.2. The summed E-state index contributed by atoms with van der Waals surface area (Å²) in [6.07, 6.45) is -17.6. The van der Waals surface area contributed by atoms with Crippen molar-refractivity contribution in [1.29, 1.82) is 0 Å². The summed E-state index contributed by atoms with van der Waals surface area (Å²) in [4.78, 5) is 15.0. The van der Waals surface area contributed by atoms with Crippen LogP contribution in [0.4, 0.5) is 0 Å². The summed E-state index contributed by atoms with van der Waals surface area (Å²) in [5, 5.41) is 119. The number of hydrogen-bond acceptors (Lipinski definition) is 18. The minimum absolute atomic E-state index is 0.00893. The van der Waals surface area contributed by atoms with E-state index in [1.807, 2.05) is 6.08 Å². The molecule has 24 atom stereocenters. The van der Waals surface area contributed by atoms with Gasteiger partial charge in [0.2, 0.25) is 0 Å². The van der Waals surface area contributed by atoms with E-state index < -0.39 is 145 Å². The molecule has 5 aliphatic carbocycles. The Bertz CT molecular complexity index is 1810. The van der Waals surface area contributed by atoms with Gasteiger partial charge in [-0.05, 0) is 103 Å². The zero-order valence-corrected chi connectivity index (χ0v) is 39.7. The van der Waals surface area contributed by atoms with Gasteiger partial charge in [-0.1, -0.05) is 54.0 Å². The third-order valence-electron chi connectivity index (χ3n) is 19.2. The molecule has 8 aliphatic rings. The van der Waals surface area contributed by atoms with Gasteiger partial charge in [-0.3, -0.25) is 4.79 Å². The number of rotatable bonds is 9. The Labute approximate surface area is 387 Å². The maximum atomic E-state index is 15.0. The molecule has 66 heavy (non-hydrogen) atoms. The third kappa shape index (κ3) is 7.83. The van der Waals surface area contributed by atoms with Crippen molar-refractivity contribution in [2.75, 3.05) is 19.8 Å². The van der Waals surface area contributed by atoms with E-state index in [4.69, 9.17) is 28.4 Å². The Balaban J connectivity index is 1.04. The predicted molar refractivity (Wildman–Crippen MR) is 230 cm³/mol. The molecule has 11 N–H and O–H groups in total. The number of aliphatic hydroxyl groups is 11. The lowest BCUT2D eigenvalue weighted by atomic mass is 9.33. The van der Waals surface area contributed by atoms with E-state index in [0.717, 1.165) is 24.8 Å². The highest BCUT2D eigenvalue weighted by Gasteiger charge is 2.72. The second-order valence-electron chi connectivity index (χ2n) is 23.6. The molecule has 3 heterocycles. The Morgan fingerprint density at radius 1 is 0.667 bits per heavy atom. The molecule has 18 nitrogen and oxygen atoms in total. The molecule has 4 saturated carbocycles. The fourth-order valence-corrected chi connectivity index (χ4v) is 14.9. The smallest absolute Gasteiger partial charge is 0.187 e. The minimum Gasteiger partial charge on any atom is -0.396 e. The van der Waals surface area contributed by atoms with E-state index >= 15 is 0 Å². The summed E-state index contributed by atoms with van der Waals surface area (Å²) in [5.74, 6) is -0.457.